The van der Waals surface area contributed by atoms with Crippen molar-refractivity contribution in [2.24, 2.45) is 0 Å². The molecule has 0 saturated heterocycles. The fourth-order valence-electron chi connectivity index (χ4n) is 2.28. The van der Waals surface area contributed by atoms with Crippen LogP contribution in [0.2, 0.25) is 0 Å². The minimum atomic E-state index is -1.24. The summed E-state index contributed by atoms with van der Waals surface area (Å²) in [6.45, 7) is 0. The molecule has 1 N–H and O–H groups in total. The number of halogens is 1. The first kappa shape index (κ1) is 11.7. The fraction of sp³-hybridized carbons (Fsp3) is 0.500. The van der Waals surface area contributed by atoms with E-state index >= 15 is 0 Å². The van der Waals surface area contributed by atoms with E-state index in [1.807, 2.05) is 7.05 Å². The van der Waals surface area contributed by atoms with Gasteiger partial charge in [0.2, 0.25) is 0 Å². The van der Waals surface area contributed by atoms with Gasteiger partial charge < -0.3 is 5.32 Å². The predicted octanol–water partition coefficient (Wildman–Crippen LogP) is 2.07. The van der Waals surface area contributed by atoms with Crippen molar-refractivity contribution in [2.75, 3.05) is 7.05 Å². The Morgan fingerprint density at radius 3 is 2.81 bits per heavy atom. The van der Waals surface area contributed by atoms with E-state index in [1.54, 1.807) is 18.2 Å². The molecule has 0 aromatic heterocycles. The van der Waals surface area contributed by atoms with Crippen LogP contribution in [-0.2, 0) is 10.8 Å². The first-order valence-electron chi connectivity index (χ1n) is 5.56. The molecule has 0 amide bonds. The molecule has 1 aliphatic rings. The molecule has 2 rings (SSSR count). The topological polar surface area (TPSA) is 29.1 Å². The van der Waals surface area contributed by atoms with Crippen molar-refractivity contribution in [1.29, 1.82) is 0 Å². The Kier molecular flexibility index (Phi) is 3.71. The maximum absolute atomic E-state index is 13.5. The van der Waals surface area contributed by atoms with Gasteiger partial charge in [-0.3, -0.25) is 4.21 Å². The third-order valence-corrected chi connectivity index (χ3v) is 5.03. The van der Waals surface area contributed by atoms with Crippen molar-refractivity contribution >= 4 is 10.8 Å². The molecule has 1 aliphatic carbocycles. The lowest BCUT2D eigenvalue weighted by Crippen LogP contribution is -2.35. The van der Waals surface area contributed by atoms with Gasteiger partial charge in [0.05, 0.1) is 20.9 Å². The SMILES string of the molecule is CNC1CCCC1S(=O)c1ccccc1F. The quantitative estimate of drug-likeness (QED) is 0.877. The van der Waals surface area contributed by atoms with E-state index in [0.29, 0.717) is 4.90 Å². The highest BCUT2D eigenvalue weighted by molar-refractivity contribution is 7.85. The van der Waals surface area contributed by atoms with E-state index in [2.05, 4.69) is 5.32 Å². The molecular weight excluding hydrogens is 225 g/mol. The first-order chi connectivity index (χ1) is 7.74. The van der Waals surface area contributed by atoms with Crippen LogP contribution in [0.3, 0.4) is 0 Å². The number of rotatable bonds is 3. The molecule has 1 fully saturated rings. The lowest BCUT2D eigenvalue weighted by atomic mass is 10.2. The summed E-state index contributed by atoms with van der Waals surface area (Å²) in [5.74, 6) is -0.359. The first-order valence-corrected chi connectivity index (χ1v) is 6.77. The van der Waals surface area contributed by atoms with Crippen LogP contribution in [-0.4, -0.2) is 22.5 Å². The van der Waals surface area contributed by atoms with Crippen molar-refractivity contribution in [3.05, 3.63) is 30.1 Å². The van der Waals surface area contributed by atoms with Gasteiger partial charge in [0, 0.05) is 6.04 Å². The van der Waals surface area contributed by atoms with Crippen LogP contribution in [0.1, 0.15) is 19.3 Å². The normalized spacial score (nSPS) is 26.9. The second-order valence-electron chi connectivity index (χ2n) is 4.09. The standard InChI is InChI=1S/C12H16FNOS/c1-14-10-6-4-8-12(10)16(15)11-7-3-2-5-9(11)13/h2-3,5,7,10,12,14H,4,6,8H2,1H3. The van der Waals surface area contributed by atoms with Crippen LogP contribution in [0.4, 0.5) is 4.39 Å². The molecule has 4 heteroatoms. The average molecular weight is 241 g/mol. The Morgan fingerprint density at radius 2 is 2.12 bits per heavy atom. The highest BCUT2D eigenvalue weighted by atomic mass is 32.2. The summed E-state index contributed by atoms with van der Waals surface area (Å²) in [7, 11) is 0.639. The minimum Gasteiger partial charge on any atom is -0.316 e. The molecule has 88 valence electrons. The lowest BCUT2D eigenvalue weighted by Gasteiger charge is -2.18. The monoisotopic (exact) mass is 241 g/mol. The molecule has 0 bridgehead atoms. The summed E-state index contributed by atoms with van der Waals surface area (Å²) in [6.07, 6.45) is 3.00. The highest BCUT2D eigenvalue weighted by Crippen LogP contribution is 2.28. The van der Waals surface area contributed by atoms with Gasteiger partial charge in [-0.2, -0.15) is 0 Å². The molecule has 0 heterocycles. The maximum atomic E-state index is 13.5. The van der Waals surface area contributed by atoms with E-state index in [4.69, 9.17) is 0 Å². The van der Waals surface area contributed by atoms with Gasteiger partial charge in [0.1, 0.15) is 5.82 Å². The molecule has 3 atom stereocenters. The van der Waals surface area contributed by atoms with E-state index in [1.165, 1.54) is 6.07 Å². The number of nitrogens with one attached hydrogen (secondary N) is 1. The predicted molar refractivity (Wildman–Crippen MR) is 63.3 cm³/mol. The van der Waals surface area contributed by atoms with Gasteiger partial charge >= 0.3 is 0 Å². The molecule has 0 spiro atoms. The second-order valence-corrected chi connectivity index (χ2v) is 5.73. The Balaban J connectivity index is 2.22. The number of benzene rings is 1. The van der Waals surface area contributed by atoms with E-state index in [-0.39, 0.29) is 17.1 Å². The molecule has 3 unspecified atom stereocenters. The molecule has 1 aromatic rings. The number of hydrogen-bond donors (Lipinski definition) is 1. The van der Waals surface area contributed by atoms with Crippen LogP contribution in [0.25, 0.3) is 0 Å². The largest absolute Gasteiger partial charge is 0.316 e. The number of hydrogen-bond acceptors (Lipinski definition) is 2. The van der Waals surface area contributed by atoms with Crippen LogP contribution in [0.15, 0.2) is 29.2 Å². The van der Waals surface area contributed by atoms with Crippen molar-refractivity contribution in [3.63, 3.8) is 0 Å². The smallest absolute Gasteiger partial charge is 0.139 e. The molecule has 0 aliphatic heterocycles. The molecular formula is C12H16FNOS. The summed E-state index contributed by atoms with van der Waals surface area (Å²) < 4.78 is 25.8. The molecule has 0 radical (unpaired) electrons. The van der Waals surface area contributed by atoms with Crippen molar-refractivity contribution < 1.29 is 8.60 Å². The molecule has 1 saturated carbocycles. The summed E-state index contributed by atoms with van der Waals surface area (Å²) in [6, 6.07) is 6.60. The van der Waals surface area contributed by atoms with E-state index in [0.717, 1.165) is 19.3 Å². The second kappa shape index (κ2) is 5.06. The molecule has 2 nitrogen and oxygen atoms in total. The zero-order valence-corrected chi connectivity index (χ0v) is 10.1. The third kappa shape index (κ3) is 2.18. The van der Waals surface area contributed by atoms with Crippen LogP contribution < -0.4 is 5.32 Å². The zero-order chi connectivity index (χ0) is 11.5. The average Bonchev–Trinajstić information content (AvgIpc) is 2.77. The van der Waals surface area contributed by atoms with Crippen molar-refractivity contribution in [2.45, 2.75) is 35.4 Å². The van der Waals surface area contributed by atoms with E-state index < -0.39 is 10.8 Å². The van der Waals surface area contributed by atoms with Gasteiger partial charge in [0.25, 0.3) is 0 Å². The summed E-state index contributed by atoms with van der Waals surface area (Å²) in [5, 5.41) is 3.21. The van der Waals surface area contributed by atoms with Gasteiger partial charge in [-0.15, -0.1) is 0 Å². The zero-order valence-electron chi connectivity index (χ0n) is 9.28. The molecule has 16 heavy (non-hydrogen) atoms. The Labute approximate surface area is 97.7 Å². The lowest BCUT2D eigenvalue weighted by molar-refractivity contribution is 0.566. The van der Waals surface area contributed by atoms with Crippen molar-refractivity contribution in [1.82, 2.24) is 5.32 Å². The van der Waals surface area contributed by atoms with Crippen molar-refractivity contribution in [3.8, 4) is 0 Å². The van der Waals surface area contributed by atoms with Crippen LogP contribution >= 0.6 is 0 Å². The summed E-state index contributed by atoms with van der Waals surface area (Å²) >= 11 is 0. The Bertz CT molecular complexity index is 396. The summed E-state index contributed by atoms with van der Waals surface area (Å²) in [5.41, 5.74) is 0. The molecule has 1 aromatic carbocycles. The Morgan fingerprint density at radius 1 is 1.38 bits per heavy atom. The third-order valence-electron chi connectivity index (χ3n) is 3.15. The summed E-state index contributed by atoms with van der Waals surface area (Å²) in [4.78, 5) is 0.342. The van der Waals surface area contributed by atoms with Crippen LogP contribution in [0, 0.1) is 5.82 Å². The minimum absolute atomic E-state index is 0.0434. The Hall–Kier alpha value is -0.740. The highest BCUT2D eigenvalue weighted by Gasteiger charge is 2.32. The van der Waals surface area contributed by atoms with Gasteiger partial charge in [-0.1, -0.05) is 18.6 Å². The maximum Gasteiger partial charge on any atom is 0.139 e. The van der Waals surface area contributed by atoms with Gasteiger partial charge in [-0.25, -0.2) is 4.39 Å². The fourth-order valence-corrected chi connectivity index (χ4v) is 4.03. The van der Waals surface area contributed by atoms with Crippen LogP contribution in [0.5, 0.6) is 0 Å². The van der Waals surface area contributed by atoms with Gasteiger partial charge in [0.15, 0.2) is 0 Å². The van der Waals surface area contributed by atoms with Gasteiger partial charge in [-0.05, 0) is 32.0 Å². The van der Waals surface area contributed by atoms with E-state index in [9.17, 15) is 8.60 Å².